The lowest BCUT2D eigenvalue weighted by Gasteiger charge is -2.40. The highest BCUT2D eigenvalue weighted by atomic mass is 35.5. The van der Waals surface area contributed by atoms with Gasteiger partial charge in [0, 0.05) is 23.9 Å². The first-order valence-corrected chi connectivity index (χ1v) is 13.7. The van der Waals surface area contributed by atoms with Crippen LogP contribution in [0.15, 0.2) is 66.7 Å². The van der Waals surface area contributed by atoms with Gasteiger partial charge in [0.15, 0.2) is 11.2 Å². The van der Waals surface area contributed by atoms with Crippen molar-refractivity contribution >= 4 is 17.6 Å². The molecule has 2 aliphatic rings. The maximum absolute atomic E-state index is 13.3. The van der Waals surface area contributed by atoms with E-state index in [4.69, 9.17) is 35.3 Å². The Balaban J connectivity index is 1.76. The largest absolute Gasteiger partial charge is 0.497 e. The zero-order valence-corrected chi connectivity index (χ0v) is 23.4. The van der Waals surface area contributed by atoms with Gasteiger partial charge >= 0.3 is 5.97 Å². The standard InChI is InChI=1S/C31H33ClO8/c1-36-21-13-11-20(12-14-21)31-26(19-9-5-4-6-10-19)25(29(34)38-3)28(33)30(31,35)27-23(37-2)17-22(18-24(27)40-31)39-16-8-7-15-32/h4-6,9-14,17-18,25-26,28,33,35H,7-8,15-16H2,1-3H3. The van der Waals surface area contributed by atoms with Gasteiger partial charge in [-0.1, -0.05) is 42.5 Å². The van der Waals surface area contributed by atoms with Crippen LogP contribution < -0.4 is 18.9 Å². The van der Waals surface area contributed by atoms with Crippen LogP contribution in [0.1, 0.15) is 35.4 Å². The van der Waals surface area contributed by atoms with Gasteiger partial charge in [0.2, 0.25) is 0 Å². The summed E-state index contributed by atoms with van der Waals surface area (Å²) in [6.07, 6.45) is -0.0442. The third-order valence-corrected chi connectivity index (χ3v) is 8.26. The molecule has 9 heteroatoms. The third-order valence-electron chi connectivity index (χ3n) is 7.99. The fourth-order valence-corrected chi connectivity index (χ4v) is 6.44. The molecule has 40 heavy (non-hydrogen) atoms. The second kappa shape index (κ2) is 11.2. The number of fused-ring (bicyclic) bond motifs is 3. The molecule has 212 valence electrons. The highest BCUT2D eigenvalue weighted by Gasteiger charge is 2.78. The van der Waals surface area contributed by atoms with Gasteiger partial charge in [-0.15, -0.1) is 11.6 Å². The zero-order chi connectivity index (χ0) is 28.5. The third kappa shape index (κ3) is 4.17. The van der Waals surface area contributed by atoms with Gasteiger partial charge in [0.25, 0.3) is 0 Å². The number of esters is 1. The Morgan fingerprint density at radius 3 is 2.33 bits per heavy atom. The van der Waals surface area contributed by atoms with Crippen molar-refractivity contribution in [2.24, 2.45) is 5.92 Å². The van der Waals surface area contributed by atoms with Crippen molar-refractivity contribution in [2.75, 3.05) is 33.8 Å². The van der Waals surface area contributed by atoms with Gasteiger partial charge in [-0.25, -0.2) is 0 Å². The van der Waals surface area contributed by atoms with E-state index in [0.29, 0.717) is 35.1 Å². The van der Waals surface area contributed by atoms with Crippen molar-refractivity contribution < 1.29 is 38.7 Å². The Labute approximate surface area is 238 Å². The second-order valence-corrected chi connectivity index (χ2v) is 10.3. The van der Waals surface area contributed by atoms with Gasteiger partial charge in [-0.05, 0) is 36.1 Å². The minimum Gasteiger partial charge on any atom is -0.497 e. The van der Waals surface area contributed by atoms with Crippen LogP contribution >= 0.6 is 11.6 Å². The van der Waals surface area contributed by atoms with Crippen LogP contribution in [0.5, 0.6) is 23.0 Å². The van der Waals surface area contributed by atoms with E-state index < -0.39 is 35.1 Å². The van der Waals surface area contributed by atoms with Crippen LogP contribution in [0.4, 0.5) is 0 Å². The number of unbranched alkanes of at least 4 members (excludes halogenated alkanes) is 1. The molecule has 2 N–H and O–H groups in total. The predicted octanol–water partition coefficient (Wildman–Crippen LogP) is 4.52. The molecule has 1 aliphatic carbocycles. The lowest BCUT2D eigenvalue weighted by molar-refractivity contribution is -0.161. The quantitative estimate of drug-likeness (QED) is 0.209. The van der Waals surface area contributed by atoms with E-state index in [1.807, 2.05) is 30.3 Å². The zero-order valence-electron chi connectivity index (χ0n) is 22.6. The lowest BCUT2D eigenvalue weighted by Crippen LogP contribution is -2.52. The van der Waals surface area contributed by atoms with Gasteiger partial charge in [-0.3, -0.25) is 4.79 Å². The Hall–Kier alpha value is -3.46. The number of aliphatic hydroxyl groups is 2. The van der Waals surface area contributed by atoms with E-state index in [2.05, 4.69) is 0 Å². The summed E-state index contributed by atoms with van der Waals surface area (Å²) in [7, 11) is 4.29. The Kier molecular flexibility index (Phi) is 7.86. The van der Waals surface area contributed by atoms with E-state index in [0.717, 1.165) is 12.8 Å². The van der Waals surface area contributed by atoms with E-state index in [1.54, 1.807) is 43.5 Å². The molecule has 0 aromatic heterocycles. The van der Waals surface area contributed by atoms with Crippen molar-refractivity contribution in [3.63, 3.8) is 0 Å². The summed E-state index contributed by atoms with van der Waals surface area (Å²) in [6, 6.07) is 19.6. The summed E-state index contributed by atoms with van der Waals surface area (Å²) < 4.78 is 29.1. The normalized spacial score (nSPS) is 26.4. The molecule has 0 bridgehead atoms. The number of alkyl halides is 1. The number of halogens is 1. The van der Waals surface area contributed by atoms with Crippen molar-refractivity contribution in [3.8, 4) is 23.0 Å². The number of rotatable bonds is 10. The first-order valence-electron chi connectivity index (χ1n) is 13.1. The molecule has 1 fully saturated rings. The summed E-state index contributed by atoms with van der Waals surface area (Å²) in [5.41, 5.74) is -2.30. The Morgan fingerprint density at radius 2 is 1.70 bits per heavy atom. The average molecular weight is 569 g/mol. The van der Waals surface area contributed by atoms with Crippen molar-refractivity contribution in [2.45, 2.75) is 36.1 Å². The molecule has 5 unspecified atom stereocenters. The first-order chi connectivity index (χ1) is 19.4. The molecule has 5 atom stereocenters. The first kappa shape index (κ1) is 28.1. The molecule has 1 saturated carbocycles. The number of ether oxygens (including phenoxy) is 5. The minimum atomic E-state index is -2.11. The van der Waals surface area contributed by atoms with Crippen molar-refractivity contribution in [1.29, 1.82) is 0 Å². The molecule has 8 nitrogen and oxygen atoms in total. The number of benzene rings is 3. The summed E-state index contributed by atoms with van der Waals surface area (Å²) in [6.45, 7) is 0.433. The van der Waals surface area contributed by atoms with E-state index in [1.165, 1.54) is 14.2 Å². The molecule has 0 spiro atoms. The molecule has 5 rings (SSSR count). The fraction of sp³-hybridized carbons (Fsp3) is 0.387. The van der Waals surface area contributed by atoms with Gasteiger partial charge in [0.1, 0.15) is 29.1 Å². The molecule has 3 aromatic rings. The van der Waals surface area contributed by atoms with Crippen LogP contribution in [0, 0.1) is 5.92 Å². The van der Waals surface area contributed by atoms with Gasteiger partial charge < -0.3 is 33.9 Å². The SMILES string of the molecule is COC(=O)C1C(O)C2(O)c3c(OC)cc(OCCCCCl)cc3OC2(c2ccc(OC)cc2)C1c1ccccc1. The summed E-state index contributed by atoms with van der Waals surface area (Å²) in [5.74, 6) is -0.508. The fourth-order valence-electron chi connectivity index (χ4n) is 6.25. The Bertz CT molecular complexity index is 1350. The second-order valence-electron chi connectivity index (χ2n) is 9.96. The smallest absolute Gasteiger partial charge is 0.312 e. The average Bonchev–Trinajstić information content (AvgIpc) is 3.37. The topological polar surface area (TPSA) is 104 Å². The maximum atomic E-state index is 13.3. The van der Waals surface area contributed by atoms with Crippen molar-refractivity contribution in [1.82, 2.24) is 0 Å². The number of carbonyl (C=O) groups is 1. The molecule has 1 heterocycles. The number of methoxy groups -OCH3 is 3. The Morgan fingerprint density at radius 1 is 0.975 bits per heavy atom. The molecule has 0 radical (unpaired) electrons. The number of hydrogen-bond donors (Lipinski definition) is 2. The van der Waals surface area contributed by atoms with Gasteiger partial charge in [-0.2, -0.15) is 0 Å². The van der Waals surface area contributed by atoms with Crippen LogP contribution in [-0.2, 0) is 20.7 Å². The van der Waals surface area contributed by atoms with E-state index in [-0.39, 0.29) is 17.1 Å². The summed E-state index contributed by atoms with van der Waals surface area (Å²) in [5, 5.41) is 24.8. The maximum Gasteiger partial charge on any atom is 0.312 e. The van der Waals surface area contributed by atoms with Crippen LogP contribution in [0.3, 0.4) is 0 Å². The lowest BCUT2D eigenvalue weighted by atomic mass is 9.70. The summed E-state index contributed by atoms with van der Waals surface area (Å²) in [4.78, 5) is 13.3. The van der Waals surface area contributed by atoms with Crippen LogP contribution in [0.2, 0.25) is 0 Å². The minimum absolute atomic E-state index is 0.235. The van der Waals surface area contributed by atoms with E-state index >= 15 is 0 Å². The highest BCUT2D eigenvalue weighted by molar-refractivity contribution is 6.17. The highest BCUT2D eigenvalue weighted by Crippen LogP contribution is 2.70. The number of carbonyl (C=O) groups excluding carboxylic acids is 1. The summed E-state index contributed by atoms with van der Waals surface area (Å²) >= 11 is 5.80. The van der Waals surface area contributed by atoms with E-state index in [9.17, 15) is 15.0 Å². The predicted molar refractivity (Wildman–Crippen MR) is 148 cm³/mol. The van der Waals surface area contributed by atoms with Crippen LogP contribution in [-0.4, -0.2) is 56.1 Å². The number of aliphatic hydroxyl groups excluding tert-OH is 1. The van der Waals surface area contributed by atoms with Crippen molar-refractivity contribution in [3.05, 3.63) is 83.4 Å². The van der Waals surface area contributed by atoms with Gasteiger partial charge in [0.05, 0.1) is 39.4 Å². The molecule has 0 saturated heterocycles. The van der Waals surface area contributed by atoms with Crippen LogP contribution in [0.25, 0.3) is 0 Å². The molecular weight excluding hydrogens is 536 g/mol. The monoisotopic (exact) mass is 568 g/mol. The molecule has 3 aromatic carbocycles. The molecule has 1 aliphatic heterocycles. The number of hydrogen-bond acceptors (Lipinski definition) is 8. The molecular formula is C31H33ClO8. The molecule has 0 amide bonds.